The minimum absolute atomic E-state index is 0.355. The van der Waals surface area contributed by atoms with Crippen LogP contribution in [0.3, 0.4) is 0 Å². The van der Waals surface area contributed by atoms with Crippen molar-refractivity contribution in [1.82, 2.24) is 14.5 Å². The molecule has 0 saturated heterocycles. The lowest BCUT2D eigenvalue weighted by Gasteiger charge is -2.28. The zero-order valence-corrected chi connectivity index (χ0v) is 16.2. The van der Waals surface area contributed by atoms with Gasteiger partial charge < -0.3 is 4.57 Å². The number of alkyl halides is 3. The van der Waals surface area contributed by atoms with E-state index in [1.54, 1.807) is 0 Å². The summed E-state index contributed by atoms with van der Waals surface area (Å²) in [6.07, 6.45) is -0.762. The summed E-state index contributed by atoms with van der Waals surface area (Å²) in [4.78, 5) is 5.87. The SMILES string of the molecule is Cc1ccc2c(c1)c1c(n2CCc2ccc(C)nc2)CCN(CC(F)(F)F)C1. The molecule has 148 valence electrons. The van der Waals surface area contributed by atoms with E-state index in [4.69, 9.17) is 0 Å². The molecule has 0 radical (unpaired) electrons. The molecular formula is C22H24F3N3. The predicted molar refractivity (Wildman–Crippen MR) is 104 cm³/mol. The maximum Gasteiger partial charge on any atom is 0.401 e. The van der Waals surface area contributed by atoms with Crippen LogP contribution in [0.5, 0.6) is 0 Å². The lowest BCUT2D eigenvalue weighted by Crippen LogP contribution is -2.38. The van der Waals surface area contributed by atoms with Crippen molar-refractivity contribution >= 4 is 10.9 Å². The van der Waals surface area contributed by atoms with E-state index in [0.717, 1.165) is 40.7 Å². The van der Waals surface area contributed by atoms with Crippen molar-refractivity contribution in [3.8, 4) is 0 Å². The lowest BCUT2D eigenvalue weighted by molar-refractivity contribution is -0.147. The summed E-state index contributed by atoms with van der Waals surface area (Å²) in [7, 11) is 0. The Bertz CT molecular complexity index is 987. The van der Waals surface area contributed by atoms with Crippen molar-refractivity contribution in [3.63, 3.8) is 0 Å². The highest BCUT2D eigenvalue weighted by Gasteiger charge is 2.33. The normalized spacial score (nSPS) is 15.2. The van der Waals surface area contributed by atoms with Gasteiger partial charge in [0.05, 0.1) is 6.54 Å². The number of hydrogen-bond acceptors (Lipinski definition) is 2. The number of nitrogens with zero attached hydrogens (tertiary/aromatic N) is 3. The van der Waals surface area contributed by atoms with Gasteiger partial charge in [-0.1, -0.05) is 17.7 Å². The van der Waals surface area contributed by atoms with Gasteiger partial charge in [-0.05, 0) is 49.6 Å². The Kier molecular flexibility index (Phi) is 4.91. The van der Waals surface area contributed by atoms with Crippen LogP contribution in [0.2, 0.25) is 0 Å². The molecule has 0 saturated carbocycles. The van der Waals surface area contributed by atoms with Gasteiger partial charge >= 0.3 is 6.18 Å². The van der Waals surface area contributed by atoms with E-state index in [-0.39, 0.29) is 0 Å². The summed E-state index contributed by atoms with van der Waals surface area (Å²) in [6.45, 7) is 4.74. The molecule has 0 bridgehead atoms. The molecule has 6 heteroatoms. The van der Waals surface area contributed by atoms with E-state index < -0.39 is 12.7 Å². The minimum Gasteiger partial charge on any atom is -0.344 e. The largest absolute Gasteiger partial charge is 0.401 e. The lowest BCUT2D eigenvalue weighted by atomic mass is 10.0. The number of halogens is 3. The van der Waals surface area contributed by atoms with Crippen molar-refractivity contribution in [2.45, 2.75) is 46.0 Å². The first kappa shape index (κ1) is 19.0. The van der Waals surface area contributed by atoms with Crippen molar-refractivity contribution in [2.24, 2.45) is 0 Å². The van der Waals surface area contributed by atoms with Gasteiger partial charge in [-0.3, -0.25) is 9.88 Å². The second-order valence-electron chi connectivity index (χ2n) is 7.73. The molecule has 28 heavy (non-hydrogen) atoms. The standard InChI is InChI=1S/C22H24F3N3/c1-15-3-6-20-18(11-15)19-13-27(14-22(23,24)25)9-8-21(19)28(20)10-7-17-5-4-16(2)26-12-17/h3-6,11-12H,7-10,13-14H2,1-2H3. The summed E-state index contributed by atoms with van der Waals surface area (Å²) >= 11 is 0. The average molecular weight is 387 g/mol. The van der Waals surface area contributed by atoms with Gasteiger partial charge in [-0.15, -0.1) is 0 Å². The van der Waals surface area contributed by atoms with Crippen LogP contribution in [0.25, 0.3) is 10.9 Å². The maximum atomic E-state index is 12.9. The molecule has 0 N–H and O–H groups in total. The van der Waals surface area contributed by atoms with Gasteiger partial charge in [-0.2, -0.15) is 13.2 Å². The molecule has 0 spiro atoms. The first-order valence-corrected chi connectivity index (χ1v) is 9.61. The van der Waals surface area contributed by atoms with Crippen LogP contribution in [0.15, 0.2) is 36.5 Å². The smallest absolute Gasteiger partial charge is 0.344 e. The Hall–Kier alpha value is -2.34. The van der Waals surface area contributed by atoms with Crippen LogP contribution in [0, 0.1) is 13.8 Å². The monoisotopic (exact) mass is 387 g/mol. The number of aromatic nitrogens is 2. The number of rotatable bonds is 4. The molecule has 1 aliphatic heterocycles. The van der Waals surface area contributed by atoms with Gasteiger partial charge in [0, 0.05) is 54.5 Å². The quantitative estimate of drug-likeness (QED) is 0.640. The molecule has 3 heterocycles. The van der Waals surface area contributed by atoms with Crippen molar-refractivity contribution in [1.29, 1.82) is 0 Å². The molecule has 0 amide bonds. The van der Waals surface area contributed by atoms with Crippen molar-refractivity contribution in [3.05, 3.63) is 64.6 Å². The molecule has 3 nitrogen and oxygen atoms in total. The molecule has 0 aliphatic carbocycles. The summed E-state index contributed by atoms with van der Waals surface area (Å²) < 4.78 is 41.0. The second-order valence-corrected chi connectivity index (χ2v) is 7.73. The molecule has 0 atom stereocenters. The highest BCUT2D eigenvalue weighted by Crippen LogP contribution is 2.33. The Balaban J connectivity index is 1.67. The van der Waals surface area contributed by atoms with E-state index in [1.165, 1.54) is 16.2 Å². The van der Waals surface area contributed by atoms with E-state index in [9.17, 15) is 13.2 Å². The van der Waals surface area contributed by atoms with E-state index in [1.807, 2.05) is 26.1 Å². The molecule has 3 aromatic rings. The van der Waals surface area contributed by atoms with Gasteiger partial charge in [0.15, 0.2) is 0 Å². The first-order valence-electron chi connectivity index (χ1n) is 9.61. The van der Waals surface area contributed by atoms with Crippen molar-refractivity contribution in [2.75, 3.05) is 13.1 Å². The Morgan fingerprint density at radius 3 is 2.64 bits per heavy atom. The average Bonchev–Trinajstić information content (AvgIpc) is 2.92. The van der Waals surface area contributed by atoms with E-state index >= 15 is 0 Å². The highest BCUT2D eigenvalue weighted by molar-refractivity contribution is 5.86. The molecule has 1 aromatic carbocycles. The first-order chi connectivity index (χ1) is 13.3. The highest BCUT2D eigenvalue weighted by atomic mass is 19.4. The van der Waals surface area contributed by atoms with Crippen LogP contribution in [0.4, 0.5) is 13.2 Å². The van der Waals surface area contributed by atoms with Gasteiger partial charge in [0.2, 0.25) is 0 Å². The third-order valence-corrected chi connectivity index (χ3v) is 5.49. The number of benzene rings is 1. The van der Waals surface area contributed by atoms with Crippen LogP contribution < -0.4 is 0 Å². The number of aryl methyl sites for hydroxylation is 4. The van der Waals surface area contributed by atoms with Gasteiger partial charge in [0.25, 0.3) is 0 Å². The number of hydrogen-bond donors (Lipinski definition) is 0. The summed E-state index contributed by atoms with van der Waals surface area (Å²) in [5.74, 6) is 0. The summed E-state index contributed by atoms with van der Waals surface area (Å²) in [5.41, 5.74) is 6.64. The Morgan fingerprint density at radius 2 is 1.93 bits per heavy atom. The number of fused-ring (bicyclic) bond motifs is 3. The molecule has 0 fully saturated rings. The van der Waals surface area contributed by atoms with Gasteiger partial charge in [0.1, 0.15) is 0 Å². The van der Waals surface area contributed by atoms with Crippen LogP contribution >= 0.6 is 0 Å². The predicted octanol–water partition coefficient (Wildman–Crippen LogP) is 4.82. The zero-order chi connectivity index (χ0) is 19.9. The van der Waals surface area contributed by atoms with Crippen LogP contribution in [0.1, 0.15) is 28.1 Å². The fraction of sp³-hybridized carbons (Fsp3) is 0.409. The topological polar surface area (TPSA) is 21.1 Å². The van der Waals surface area contributed by atoms with E-state index in [0.29, 0.717) is 19.5 Å². The summed E-state index contributed by atoms with van der Waals surface area (Å²) in [5, 5.41) is 1.09. The summed E-state index contributed by atoms with van der Waals surface area (Å²) in [6, 6.07) is 10.4. The molecular weight excluding hydrogens is 363 g/mol. The zero-order valence-electron chi connectivity index (χ0n) is 16.2. The minimum atomic E-state index is -4.16. The maximum absolute atomic E-state index is 12.9. The molecule has 1 aliphatic rings. The molecule has 4 rings (SSSR count). The van der Waals surface area contributed by atoms with E-state index in [2.05, 4.69) is 33.8 Å². The third kappa shape index (κ3) is 3.92. The van der Waals surface area contributed by atoms with Crippen LogP contribution in [-0.2, 0) is 25.9 Å². The second kappa shape index (κ2) is 7.24. The Labute approximate surface area is 162 Å². The number of pyridine rings is 1. The fourth-order valence-electron chi connectivity index (χ4n) is 4.15. The van der Waals surface area contributed by atoms with Gasteiger partial charge in [-0.25, -0.2) is 0 Å². The van der Waals surface area contributed by atoms with Crippen LogP contribution in [-0.4, -0.2) is 33.7 Å². The third-order valence-electron chi connectivity index (χ3n) is 5.49. The Morgan fingerprint density at radius 1 is 1.11 bits per heavy atom. The molecule has 0 unspecified atom stereocenters. The van der Waals surface area contributed by atoms with Crippen molar-refractivity contribution < 1.29 is 13.2 Å². The molecule has 2 aromatic heterocycles. The fourth-order valence-corrected chi connectivity index (χ4v) is 4.15.